The summed E-state index contributed by atoms with van der Waals surface area (Å²) in [4.78, 5) is 22.2. The number of carbonyl (C=O) groups is 2. The summed E-state index contributed by atoms with van der Waals surface area (Å²) >= 11 is 1.44. The van der Waals surface area contributed by atoms with Crippen molar-refractivity contribution in [3.05, 3.63) is 35.4 Å². The van der Waals surface area contributed by atoms with Crippen molar-refractivity contribution in [3.8, 4) is 0 Å². The molecule has 1 amide bonds. The highest BCUT2D eigenvalue weighted by Gasteiger charge is 2.30. The number of amides is 1. The highest BCUT2D eigenvalue weighted by molar-refractivity contribution is 7.99. The molecule has 1 aromatic carbocycles. The number of rotatable bonds is 7. The second kappa shape index (κ2) is 7.31. The van der Waals surface area contributed by atoms with E-state index in [0.29, 0.717) is 5.75 Å². The number of aliphatic hydroxyl groups is 1. The Kier molecular flexibility index (Phi) is 6.04. The molecule has 110 valence electrons. The molecule has 6 heteroatoms. The lowest BCUT2D eigenvalue weighted by atomic mass is 10.1. The molecule has 3 N–H and O–H groups in total. The topological polar surface area (TPSA) is 86.6 Å². The summed E-state index contributed by atoms with van der Waals surface area (Å²) < 4.78 is 0. The lowest BCUT2D eigenvalue weighted by Crippen LogP contribution is -2.46. The van der Waals surface area contributed by atoms with Gasteiger partial charge in [0.2, 0.25) is 5.91 Å². The first-order valence-corrected chi connectivity index (χ1v) is 7.32. The van der Waals surface area contributed by atoms with E-state index in [4.69, 9.17) is 5.11 Å². The van der Waals surface area contributed by atoms with E-state index in [1.807, 2.05) is 25.1 Å². The molecule has 0 bridgehead atoms. The number of carboxylic acids is 1. The van der Waals surface area contributed by atoms with Gasteiger partial charge in [-0.1, -0.05) is 29.8 Å². The van der Waals surface area contributed by atoms with Crippen LogP contribution in [0.4, 0.5) is 0 Å². The molecule has 0 heterocycles. The molecule has 1 unspecified atom stereocenters. The predicted octanol–water partition coefficient (Wildman–Crippen LogP) is 1.18. The van der Waals surface area contributed by atoms with Gasteiger partial charge >= 0.3 is 5.97 Å². The highest BCUT2D eigenvalue weighted by Crippen LogP contribution is 2.13. The van der Waals surface area contributed by atoms with E-state index in [0.717, 1.165) is 12.5 Å². The Labute approximate surface area is 122 Å². The highest BCUT2D eigenvalue weighted by atomic mass is 32.2. The Morgan fingerprint density at radius 3 is 2.70 bits per heavy atom. The number of hydrogen-bond acceptors (Lipinski definition) is 4. The van der Waals surface area contributed by atoms with Crippen LogP contribution in [0.2, 0.25) is 0 Å². The maximum absolute atomic E-state index is 11.5. The third-order valence-electron chi connectivity index (χ3n) is 2.67. The van der Waals surface area contributed by atoms with Crippen LogP contribution in [0.3, 0.4) is 0 Å². The van der Waals surface area contributed by atoms with E-state index >= 15 is 0 Å². The monoisotopic (exact) mass is 297 g/mol. The largest absolute Gasteiger partial charge is 0.479 e. The molecule has 0 aliphatic carbocycles. The Morgan fingerprint density at radius 2 is 2.10 bits per heavy atom. The molecule has 20 heavy (non-hydrogen) atoms. The van der Waals surface area contributed by atoms with Gasteiger partial charge in [0.15, 0.2) is 5.60 Å². The fraction of sp³-hybridized carbons (Fsp3) is 0.429. The van der Waals surface area contributed by atoms with E-state index in [1.165, 1.54) is 17.3 Å². The number of carboxylic acid groups (broad SMARTS) is 1. The van der Waals surface area contributed by atoms with Gasteiger partial charge in [-0.05, 0) is 19.4 Å². The Hall–Kier alpha value is -1.53. The summed E-state index contributed by atoms with van der Waals surface area (Å²) in [7, 11) is 0. The average molecular weight is 297 g/mol. The van der Waals surface area contributed by atoms with Crippen LogP contribution in [0.25, 0.3) is 0 Å². The summed E-state index contributed by atoms with van der Waals surface area (Å²) in [5.74, 6) is -0.706. The van der Waals surface area contributed by atoms with Gasteiger partial charge in [0, 0.05) is 5.75 Å². The maximum atomic E-state index is 11.5. The molecule has 0 aliphatic rings. The Balaban J connectivity index is 2.29. The minimum atomic E-state index is -1.93. The Bertz CT molecular complexity index is 488. The van der Waals surface area contributed by atoms with Crippen LogP contribution in [0.5, 0.6) is 0 Å². The van der Waals surface area contributed by atoms with Crippen molar-refractivity contribution in [1.29, 1.82) is 0 Å². The summed E-state index contributed by atoms with van der Waals surface area (Å²) in [5.41, 5.74) is 0.377. The van der Waals surface area contributed by atoms with Crippen molar-refractivity contribution in [2.24, 2.45) is 0 Å². The van der Waals surface area contributed by atoms with Crippen LogP contribution in [0, 0.1) is 6.92 Å². The minimum Gasteiger partial charge on any atom is -0.479 e. The average Bonchev–Trinajstić information content (AvgIpc) is 2.36. The molecule has 0 fully saturated rings. The third-order valence-corrected chi connectivity index (χ3v) is 3.68. The van der Waals surface area contributed by atoms with E-state index in [1.54, 1.807) is 0 Å². The number of thioether (sulfide) groups is 1. The third kappa shape index (κ3) is 5.63. The lowest BCUT2D eigenvalue weighted by Gasteiger charge is -2.18. The van der Waals surface area contributed by atoms with Crippen molar-refractivity contribution in [1.82, 2.24) is 5.32 Å². The summed E-state index contributed by atoms with van der Waals surface area (Å²) in [6.45, 7) is 2.86. The number of carbonyl (C=O) groups excluding carboxylic acids is 1. The maximum Gasteiger partial charge on any atom is 0.337 e. The van der Waals surface area contributed by atoms with Crippen molar-refractivity contribution in [3.63, 3.8) is 0 Å². The molecule has 0 radical (unpaired) electrons. The second-order valence-corrected chi connectivity index (χ2v) is 5.82. The van der Waals surface area contributed by atoms with Gasteiger partial charge in [-0.15, -0.1) is 11.8 Å². The second-order valence-electron chi connectivity index (χ2n) is 4.84. The van der Waals surface area contributed by atoms with Gasteiger partial charge in [-0.2, -0.15) is 0 Å². The van der Waals surface area contributed by atoms with Crippen LogP contribution >= 0.6 is 11.8 Å². The first-order valence-electron chi connectivity index (χ1n) is 6.17. The molecule has 0 saturated heterocycles. The summed E-state index contributed by atoms with van der Waals surface area (Å²) in [6.07, 6.45) is 0. The Morgan fingerprint density at radius 1 is 1.40 bits per heavy atom. The van der Waals surface area contributed by atoms with Gasteiger partial charge < -0.3 is 15.5 Å². The standard InChI is InChI=1S/C14H19NO4S/c1-10-4-3-5-11(6-10)7-20-8-12(16)15-9-14(2,19)13(17)18/h3-6,19H,7-9H2,1-2H3,(H,15,16)(H,17,18). The smallest absolute Gasteiger partial charge is 0.337 e. The van der Waals surface area contributed by atoms with Crippen LogP contribution in [0.15, 0.2) is 24.3 Å². The molecule has 0 saturated carbocycles. The first kappa shape index (κ1) is 16.5. The van der Waals surface area contributed by atoms with Crippen molar-refractivity contribution >= 4 is 23.6 Å². The molecule has 0 spiro atoms. The fourth-order valence-corrected chi connectivity index (χ4v) is 2.27. The molecule has 1 rings (SSSR count). The molecular weight excluding hydrogens is 278 g/mol. The molecule has 1 atom stereocenters. The minimum absolute atomic E-state index is 0.226. The lowest BCUT2D eigenvalue weighted by molar-refractivity contribution is -0.156. The summed E-state index contributed by atoms with van der Waals surface area (Å²) in [5, 5.41) is 20.6. The molecule has 5 nitrogen and oxygen atoms in total. The SMILES string of the molecule is Cc1cccc(CSCC(=O)NCC(C)(O)C(=O)O)c1. The van der Waals surface area contributed by atoms with E-state index in [-0.39, 0.29) is 18.2 Å². The predicted molar refractivity (Wildman–Crippen MR) is 78.6 cm³/mol. The molecule has 1 aromatic rings. The van der Waals surface area contributed by atoms with Crippen LogP contribution in [0.1, 0.15) is 18.1 Å². The first-order chi connectivity index (χ1) is 9.31. The number of hydrogen-bond donors (Lipinski definition) is 3. The van der Waals surface area contributed by atoms with Crippen molar-refractivity contribution in [2.75, 3.05) is 12.3 Å². The molecule has 0 aliphatic heterocycles. The van der Waals surface area contributed by atoms with E-state index < -0.39 is 11.6 Å². The van der Waals surface area contributed by atoms with E-state index in [9.17, 15) is 14.7 Å². The van der Waals surface area contributed by atoms with Crippen molar-refractivity contribution < 1.29 is 19.8 Å². The molecule has 0 aromatic heterocycles. The van der Waals surface area contributed by atoms with Crippen molar-refractivity contribution in [2.45, 2.75) is 25.2 Å². The number of aliphatic carboxylic acids is 1. The number of nitrogens with one attached hydrogen (secondary N) is 1. The zero-order chi connectivity index (χ0) is 15.2. The van der Waals surface area contributed by atoms with E-state index in [2.05, 4.69) is 11.4 Å². The quantitative estimate of drug-likeness (QED) is 0.703. The van der Waals surface area contributed by atoms with Crippen LogP contribution in [-0.2, 0) is 15.3 Å². The number of aryl methyl sites for hydroxylation is 1. The number of benzene rings is 1. The normalized spacial score (nSPS) is 13.6. The van der Waals surface area contributed by atoms with Gasteiger partial charge in [-0.25, -0.2) is 4.79 Å². The van der Waals surface area contributed by atoms with Crippen LogP contribution < -0.4 is 5.32 Å². The zero-order valence-corrected chi connectivity index (χ0v) is 12.4. The summed E-state index contributed by atoms with van der Waals surface area (Å²) in [6, 6.07) is 8.03. The molecular formula is C14H19NO4S. The van der Waals surface area contributed by atoms with Crippen LogP contribution in [-0.4, -0.2) is 40.0 Å². The fourth-order valence-electron chi connectivity index (χ4n) is 1.46. The van der Waals surface area contributed by atoms with Gasteiger partial charge in [0.1, 0.15) is 0 Å². The van der Waals surface area contributed by atoms with Gasteiger partial charge in [0.05, 0.1) is 12.3 Å². The zero-order valence-electron chi connectivity index (χ0n) is 11.5. The van der Waals surface area contributed by atoms with Gasteiger partial charge in [-0.3, -0.25) is 4.79 Å². The van der Waals surface area contributed by atoms with Gasteiger partial charge in [0.25, 0.3) is 0 Å².